The molecule has 2 aromatic rings. The van der Waals surface area contributed by atoms with Crippen molar-refractivity contribution in [3.63, 3.8) is 0 Å². The van der Waals surface area contributed by atoms with Crippen LogP contribution in [0.25, 0.3) is 0 Å². The molecule has 5 heteroatoms. The van der Waals surface area contributed by atoms with Crippen LogP contribution < -0.4 is 11.2 Å². The highest BCUT2D eigenvalue weighted by Gasteiger charge is 2.22. The number of nitriles is 1. The van der Waals surface area contributed by atoms with E-state index in [0.717, 1.165) is 17.5 Å². The lowest BCUT2D eigenvalue weighted by Crippen LogP contribution is -2.41. The summed E-state index contributed by atoms with van der Waals surface area (Å²) in [6.07, 6.45) is 1.43. The largest absolute Gasteiger partial charge is 0.331 e. The predicted molar refractivity (Wildman–Crippen MR) is 78.3 cm³/mol. The first kappa shape index (κ1) is 13.4. The van der Waals surface area contributed by atoms with Gasteiger partial charge in [0, 0.05) is 12.2 Å². The summed E-state index contributed by atoms with van der Waals surface area (Å²) in [6, 6.07) is 9.64. The lowest BCUT2D eigenvalue weighted by molar-refractivity contribution is 0.602. The van der Waals surface area contributed by atoms with Crippen LogP contribution in [-0.4, -0.2) is 9.13 Å². The number of aryl methyl sites for hydroxylation is 1. The maximum absolute atomic E-state index is 12.5. The summed E-state index contributed by atoms with van der Waals surface area (Å²) in [5, 5.41) is 9.23. The average molecular weight is 281 g/mol. The van der Waals surface area contributed by atoms with E-state index in [0.29, 0.717) is 18.7 Å². The quantitative estimate of drug-likeness (QED) is 0.830. The average Bonchev–Trinajstić information content (AvgIpc) is 2.93. The van der Waals surface area contributed by atoms with E-state index in [4.69, 9.17) is 0 Å². The first-order chi connectivity index (χ1) is 10.1. The van der Waals surface area contributed by atoms with Crippen molar-refractivity contribution in [1.29, 1.82) is 5.26 Å². The van der Waals surface area contributed by atoms with Gasteiger partial charge >= 0.3 is 5.69 Å². The molecule has 0 spiro atoms. The summed E-state index contributed by atoms with van der Waals surface area (Å²) in [5.41, 5.74) is 1.87. The van der Waals surface area contributed by atoms with Crippen LogP contribution >= 0.6 is 0 Å². The Hall–Kier alpha value is -2.61. The highest BCUT2D eigenvalue weighted by molar-refractivity contribution is 5.33. The van der Waals surface area contributed by atoms with Crippen LogP contribution in [-0.2, 0) is 19.5 Å². The molecule has 1 aliphatic heterocycles. The molecule has 2 heterocycles. The van der Waals surface area contributed by atoms with Gasteiger partial charge in [-0.3, -0.25) is 13.9 Å². The van der Waals surface area contributed by atoms with Gasteiger partial charge in [-0.1, -0.05) is 29.8 Å². The van der Waals surface area contributed by atoms with E-state index in [2.05, 4.69) is 0 Å². The summed E-state index contributed by atoms with van der Waals surface area (Å²) < 4.78 is 2.73. The second kappa shape index (κ2) is 5.06. The minimum atomic E-state index is -0.475. The normalized spacial score (nSPS) is 13.0. The van der Waals surface area contributed by atoms with Crippen molar-refractivity contribution in [3.8, 4) is 6.07 Å². The van der Waals surface area contributed by atoms with Crippen molar-refractivity contribution in [2.24, 2.45) is 0 Å². The number of aromatic nitrogens is 2. The number of hydrogen-bond acceptors (Lipinski definition) is 3. The Labute approximate surface area is 121 Å². The van der Waals surface area contributed by atoms with Crippen molar-refractivity contribution in [2.45, 2.75) is 32.9 Å². The number of rotatable bonds is 2. The van der Waals surface area contributed by atoms with Gasteiger partial charge in [0.15, 0.2) is 0 Å². The van der Waals surface area contributed by atoms with Gasteiger partial charge in [0.25, 0.3) is 5.56 Å². The molecule has 0 N–H and O–H groups in total. The molecule has 0 saturated heterocycles. The zero-order chi connectivity index (χ0) is 15.0. The fourth-order valence-corrected chi connectivity index (χ4v) is 2.88. The molecule has 1 aromatic carbocycles. The summed E-state index contributed by atoms with van der Waals surface area (Å²) in [6.45, 7) is 2.74. The van der Waals surface area contributed by atoms with Crippen molar-refractivity contribution in [3.05, 3.63) is 67.5 Å². The van der Waals surface area contributed by atoms with Crippen LogP contribution in [0.15, 0.2) is 33.9 Å². The first-order valence-electron chi connectivity index (χ1n) is 6.94. The second-order valence-electron chi connectivity index (χ2n) is 5.35. The zero-order valence-electron chi connectivity index (χ0n) is 11.8. The van der Waals surface area contributed by atoms with Crippen molar-refractivity contribution >= 4 is 0 Å². The molecule has 0 saturated carbocycles. The molecule has 0 atom stereocenters. The van der Waals surface area contributed by atoms with Crippen LogP contribution in [0.5, 0.6) is 0 Å². The van der Waals surface area contributed by atoms with Crippen LogP contribution in [0.4, 0.5) is 0 Å². The molecule has 1 aliphatic rings. The Morgan fingerprint density at radius 2 is 2.14 bits per heavy atom. The predicted octanol–water partition coefficient (Wildman–Crippen LogP) is 1.18. The highest BCUT2D eigenvalue weighted by atomic mass is 16.2. The molecule has 0 aliphatic carbocycles. The maximum atomic E-state index is 12.5. The van der Waals surface area contributed by atoms with Crippen molar-refractivity contribution in [2.75, 3.05) is 0 Å². The molecule has 5 nitrogen and oxygen atoms in total. The lowest BCUT2D eigenvalue weighted by atomic mass is 10.1. The topological polar surface area (TPSA) is 67.8 Å². The Kier molecular flexibility index (Phi) is 3.22. The molecule has 0 unspecified atom stereocenters. The van der Waals surface area contributed by atoms with E-state index < -0.39 is 5.56 Å². The number of hydrogen-bond donors (Lipinski definition) is 0. The standard InChI is InChI=1S/C16H15N3O2/c1-11-4-2-5-12(8-11)10-19-15(20)13(9-17)14-6-3-7-18(14)16(19)21/h2,4-5,8H,3,6-7,10H2,1H3. The van der Waals surface area contributed by atoms with Gasteiger partial charge < -0.3 is 0 Å². The summed E-state index contributed by atoms with van der Waals surface area (Å²) in [5.74, 6) is 0. The SMILES string of the molecule is Cc1cccc(Cn2c(=O)c(C#N)c3n(c2=O)CCC3)c1. The second-order valence-corrected chi connectivity index (χ2v) is 5.35. The van der Waals surface area contributed by atoms with Gasteiger partial charge in [-0.25, -0.2) is 4.79 Å². The third kappa shape index (κ3) is 2.19. The summed E-state index contributed by atoms with van der Waals surface area (Å²) in [7, 11) is 0. The molecular weight excluding hydrogens is 266 g/mol. The maximum Gasteiger partial charge on any atom is 0.331 e. The third-order valence-corrected chi connectivity index (χ3v) is 3.87. The van der Waals surface area contributed by atoms with Crippen molar-refractivity contribution in [1.82, 2.24) is 9.13 Å². The van der Waals surface area contributed by atoms with Crippen molar-refractivity contribution < 1.29 is 0 Å². The van der Waals surface area contributed by atoms with Crippen LogP contribution in [0.1, 0.15) is 28.8 Å². The Bertz CT molecular complexity index is 869. The molecule has 0 fully saturated rings. The molecule has 106 valence electrons. The molecule has 0 radical (unpaired) electrons. The zero-order valence-corrected chi connectivity index (χ0v) is 11.8. The Morgan fingerprint density at radius 1 is 1.33 bits per heavy atom. The molecule has 0 bridgehead atoms. The van der Waals surface area contributed by atoms with E-state index in [1.165, 1.54) is 4.57 Å². The van der Waals surface area contributed by atoms with Gasteiger partial charge in [-0.15, -0.1) is 0 Å². The molecule has 21 heavy (non-hydrogen) atoms. The minimum absolute atomic E-state index is 0.111. The Morgan fingerprint density at radius 3 is 2.86 bits per heavy atom. The summed E-state index contributed by atoms with van der Waals surface area (Å²) in [4.78, 5) is 24.9. The molecule has 0 amide bonds. The smallest absolute Gasteiger partial charge is 0.296 e. The number of benzene rings is 1. The van der Waals surface area contributed by atoms with E-state index in [1.807, 2.05) is 37.3 Å². The van der Waals surface area contributed by atoms with E-state index in [1.54, 1.807) is 4.57 Å². The minimum Gasteiger partial charge on any atom is -0.296 e. The van der Waals surface area contributed by atoms with Crippen LogP contribution in [0.3, 0.4) is 0 Å². The van der Waals surface area contributed by atoms with E-state index in [-0.39, 0.29) is 17.8 Å². The van der Waals surface area contributed by atoms with Crippen LogP contribution in [0.2, 0.25) is 0 Å². The van der Waals surface area contributed by atoms with E-state index in [9.17, 15) is 14.9 Å². The number of fused-ring (bicyclic) bond motifs is 1. The van der Waals surface area contributed by atoms with E-state index >= 15 is 0 Å². The van der Waals surface area contributed by atoms with Gasteiger partial charge in [0.05, 0.1) is 6.54 Å². The Balaban J connectivity index is 2.18. The van der Waals surface area contributed by atoms with Gasteiger partial charge in [-0.2, -0.15) is 5.26 Å². The van der Waals surface area contributed by atoms with Gasteiger partial charge in [0.1, 0.15) is 11.6 Å². The lowest BCUT2D eigenvalue weighted by Gasteiger charge is -2.11. The number of nitrogens with zero attached hydrogens (tertiary/aromatic N) is 3. The first-order valence-corrected chi connectivity index (χ1v) is 6.94. The fraction of sp³-hybridized carbons (Fsp3) is 0.312. The third-order valence-electron chi connectivity index (χ3n) is 3.87. The van der Waals surface area contributed by atoms with Gasteiger partial charge in [-0.05, 0) is 25.3 Å². The summed E-state index contributed by atoms with van der Waals surface area (Å²) >= 11 is 0. The van der Waals surface area contributed by atoms with Crippen LogP contribution in [0, 0.1) is 18.3 Å². The monoisotopic (exact) mass is 281 g/mol. The molecule has 1 aromatic heterocycles. The highest BCUT2D eigenvalue weighted by Crippen LogP contribution is 2.13. The van der Waals surface area contributed by atoms with Gasteiger partial charge in [0.2, 0.25) is 0 Å². The molecular formula is C16H15N3O2. The fourth-order valence-electron chi connectivity index (χ4n) is 2.88. The molecule has 3 rings (SSSR count).